The smallest absolute Gasteiger partial charge is 0.255 e. The van der Waals surface area contributed by atoms with Gasteiger partial charge in [-0.3, -0.25) is 14.4 Å². The van der Waals surface area contributed by atoms with E-state index in [2.05, 4.69) is 10.6 Å². The lowest BCUT2D eigenvalue weighted by atomic mass is 10.1. The Bertz CT molecular complexity index is 1240. The molecule has 1 unspecified atom stereocenters. The number of methoxy groups -OCH3 is 3. The normalized spacial score (nSPS) is 14.8. The molecule has 1 aliphatic heterocycles. The number of ether oxygens (including phenoxy) is 3. The molecule has 186 valence electrons. The first kappa shape index (κ1) is 24.6. The molecule has 1 saturated heterocycles. The van der Waals surface area contributed by atoms with Crippen LogP contribution < -0.4 is 29.7 Å². The molecular weight excluding hydrogens is 462 g/mol. The quantitative estimate of drug-likeness (QED) is 0.496. The summed E-state index contributed by atoms with van der Waals surface area (Å²) in [5.41, 5.74) is 2.18. The van der Waals surface area contributed by atoms with Gasteiger partial charge in [-0.2, -0.15) is 0 Å². The van der Waals surface area contributed by atoms with Crippen LogP contribution in [0.5, 0.6) is 17.2 Å². The average molecular weight is 490 g/mol. The predicted octanol–water partition coefficient (Wildman–Crippen LogP) is 3.96. The number of anilines is 3. The van der Waals surface area contributed by atoms with E-state index in [1.165, 1.54) is 21.3 Å². The standard InChI is InChI=1S/C27H27N3O6/c1-34-22-14-20(15-23(35-2)25(22)36-3)29-26(32)17-9-11-19(12-10-17)28-27(33)18-13-24(31)30(16-18)21-7-5-4-6-8-21/h4-12,14-15,18H,13,16H2,1-3H3,(H,28,33)(H,29,32). The number of hydrogen-bond donors (Lipinski definition) is 2. The van der Waals surface area contributed by atoms with Gasteiger partial charge in [-0.15, -0.1) is 0 Å². The van der Waals surface area contributed by atoms with Crippen molar-refractivity contribution in [2.24, 2.45) is 5.92 Å². The van der Waals surface area contributed by atoms with Crippen LogP contribution in [-0.4, -0.2) is 45.6 Å². The number of para-hydroxylation sites is 1. The maximum absolute atomic E-state index is 12.8. The lowest BCUT2D eigenvalue weighted by Gasteiger charge is -2.16. The first-order valence-corrected chi connectivity index (χ1v) is 11.3. The van der Waals surface area contributed by atoms with Crippen LogP contribution in [0.4, 0.5) is 17.1 Å². The average Bonchev–Trinajstić information content (AvgIpc) is 3.30. The molecule has 1 fully saturated rings. The maximum atomic E-state index is 12.8. The zero-order valence-electron chi connectivity index (χ0n) is 20.2. The van der Waals surface area contributed by atoms with Gasteiger partial charge in [0, 0.05) is 47.7 Å². The number of carbonyl (C=O) groups is 3. The van der Waals surface area contributed by atoms with Gasteiger partial charge in [-0.25, -0.2) is 0 Å². The fourth-order valence-corrected chi connectivity index (χ4v) is 4.05. The van der Waals surface area contributed by atoms with E-state index in [1.807, 2.05) is 30.3 Å². The topological polar surface area (TPSA) is 106 Å². The molecule has 1 aliphatic rings. The van der Waals surface area contributed by atoms with Gasteiger partial charge < -0.3 is 29.7 Å². The number of amides is 3. The third-order valence-corrected chi connectivity index (χ3v) is 5.90. The third-order valence-electron chi connectivity index (χ3n) is 5.90. The van der Waals surface area contributed by atoms with Gasteiger partial charge in [0.05, 0.1) is 27.2 Å². The van der Waals surface area contributed by atoms with Gasteiger partial charge in [0.1, 0.15) is 0 Å². The first-order valence-electron chi connectivity index (χ1n) is 11.3. The molecule has 3 aromatic rings. The molecule has 9 nitrogen and oxygen atoms in total. The van der Waals surface area contributed by atoms with Crippen LogP contribution in [-0.2, 0) is 9.59 Å². The summed E-state index contributed by atoms with van der Waals surface area (Å²) in [6.45, 7) is 0.323. The Morgan fingerprint density at radius 2 is 1.47 bits per heavy atom. The van der Waals surface area contributed by atoms with Crippen molar-refractivity contribution in [1.29, 1.82) is 0 Å². The highest BCUT2D eigenvalue weighted by Gasteiger charge is 2.35. The van der Waals surface area contributed by atoms with Crippen LogP contribution in [0.15, 0.2) is 66.7 Å². The van der Waals surface area contributed by atoms with E-state index < -0.39 is 5.92 Å². The second-order valence-electron chi connectivity index (χ2n) is 8.18. The van der Waals surface area contributed by atoms with Crippen molar-refractivity contribution >= 4 is 34.8 Å². The Morgan fingerprint density at radius 3 is 2.06 bits per heavy atom. The van der Waals surface area contributed by atoms with Crippen LogP contribution >= 0.6 is 0 Å². The molecule has 3 amide bonds. The van der Waals surface area contributed by atoms with Gasteiger partial charge in [-0.05, 0) is 36.4 Å². The van der Waals surface area contributed by atoms with E-state index in [-0.39, 0.29) is 24.1 Å². The van der Waals surface area contributed by atoms with Crippen LogP contribution in [0, 0.1) is 5.92 Å². The second-order valence-corrected chi connectivity index (χ2v) is 8.18. The molecular formula is C27H27N3O6. The predicted molar refractivity (Wildman–Crippen MR) is 136 cm³/mol. The minimum atomic E-state index is -0.458. The molecule has 0 aromatic heterocycles. The molecule has 4 rings (SSSR count). The summed E-state index contributed by atoms with van der Waals surface area (Å²) in [7, 11) is 4.50. The van der Waals surface area contributed by atoms with Crippen molar-refractivity contribution in [2.45, 2.75) is 6.42 Å². The molecule has 0 spiro atoms. The van der Waals surface area contributed by atoms with Gasteiger partial charge in [0.2, 0.25) is 17.6 Å². The fourth-order valence-electron chi connectivity index (χ4n) is 4.05. The molecule has 1 heterocycles. The minimum absolute atomic E-state index is 0.0832. The van der Waals surface area contributed by atoms with Gasteiger partial charge >= 0.3 is 0 Å². The highest BCUT2D eigenvalue weighted by molar-refractivity contribution is 6.06. The van der Waals surface area contributed by atoms with E-state index in [0.29, 0.717) is 40.7 Å². The number of benzene rings is 3. The molecule has 3 aromatic carbocycles. The van der Waals surface area contributed by atoms with Crippen molar-refractivity contribution in [3.05, 3.63) is 72.3 Å². The summed E-state index contributed by atoms with van der Waals surface area (Å²) < 4.78 is 15.9. The van der Waals surface area contributed by atoms with Crippen molar-refractivity contribution in [3.8, 4) is 17.2 Å². The number of hydrogen-bond acceptors (Lipinski definition) is 6. The number of rotatable bonds is 8. The van der Waals surface area contributed by atoms with E-state index in [1.54, 1.807) is 41.3 Å². The van der Waals surface area contributed by atoms with Crippen molar-refractivity contribution < 1.29 is 28.6 Å². The molecule has 0 saturated carbocycles. The Labute approximate surface area is 209 Å². The molecule has 36 heavy (non-hydrogen) atoms. The second kappa shape index (κ2) is 10.8. The highest BCUT2D eigenvalue weighted by atomic mass is 16.5. The lowest BCUT2D eigenvalue weighted by molar-refractivity contribution is -0.122. The molecule has 0 aliphatic carbocycles. The monoisotopic (exact) mass is 489 g/mol. The number of nitrogens with zero attached hydrogens (tertiary/aromatic N) is 1. The minimum Gasteiger partial charge on any atom is -0.493 e. The lowest BCUT2D eigenvalue weighted by Crippen LogP contribution is -2.28. The maximum Gasteiger partial charge on any atom is 0.255 e. The Hall–Kier alpha value is -4.53. The first-order chi connectivity index (χ1) is 17.4. The Kier molecular flexibility index (Phi) is 7.39. The van der Waals surface area contributed by atoms with Crippen LogP contribution in [0.1, 0.15) is 16.8 Å². The van der Waals surface area contributed by atoms with Gasteiger partial charge in [-0.1, -0.05) is 18.2 Å². The molecule has 0 bridgehead atoms. The van der Waals surface area contributed by atoms with E-state index in [4.69, 9.17) is 14.2 Å². The summed E-state index contributed by atoms with van der Waals surface area (Å²) in [6, 6.07) is 19.1. The Balaban J connectivity index is 1.39. The Morgan fingerprint density at radius 1 is 0.833 bits per heavy atom. The van der Waals surface area contributed by atoms with E-state index in [9.17, 15) is 14.4 Å². The number of nitrogens with one attached hydrogen (secondary N) is 2. The molecule has 2 N–H and O–H groups in total. The molecule has 1 atom stereocenters. The summed E-state index contributed by atoms with van der Waals surface area (Å²) in [5.74, 6) is 0.135. The molecule has 0 radical (unpaired) electrons. The largest absolute Gasteiger partial charge is 0.493 e. The van der Waals surface area contributed by atoms with E-state index >= 15 is 0 Å². The zero-order chi connectivity index (χ0) is 25.7. The van der Waals surface area contributed by atoms with Crippen molar-refractivity contribution in [2.75, 3.05) is 43.4 Å². The summed E-state index contributed by atoms with van der Waals surface area (Å²) in [4.78, 5) is 39.6. The van der Waals surface area contributed by atoms with Crippen molar-refractivity contribution in [3.63, 3.8) is 0 Å². The fraction of sp³-hybridized carbons (Fsp3) is 0.222. The summed E-state index contributed by atoms with van der Waals surface area (Å²) >= 11 is 0. The summed E-state index contributed by atoms with van der Waals surface area (Å²) in [6.07, 6.45) is 0.149. The SMILES string of the molecule is COc1cc(NC(=O)c2ccc(NC(=O)C3CC(=O)N(c4ccccc4)C3)cc2)cc(OC)c1OC. The van der Waals surface area contributed by atoms with E-state index in [0.717, 1.165) is 5.69 Å². The van der Waals surface area contributed by atoms with Gasteiger partial charge in [0.15, 0.2) is 11.5 Å². The summed E-state index contributed by atoms with van der Waals surface area (Å²) in [5, 5.41) is 5.64. The third kappa shape index (κ3) is 5.25. The highest BCUT2D eigenvalue weighted by Crippen LogP contribution is 2.40. The number of carbonyl (C=O) groups excluding carboxylic acids is 3. The zero-order valence-corrected chi connectivity index (χ0v) is 20.2. The van der Waals surface area contributed by atoms with Crippen LogP contribution in [0.3, 0.4) is 0 Å². The molecule has 9 heteroatoms. The van der Waals surface area contributed by atoms with Crippen molar-refractivity contribution in [1.82, 2.24) is 0 Å². The van der Waals surface area contributed by atoms with Crippen LogP contribution in [0.25, 0.3) is 0 Å². The van der Waals surface area contributed by atoms with Crippen LogP contribution in [0.2, 0.25) is 0 Å². The van der Waals surface area contributed by atoms with Gasteiger partial charge in [0.25, 0.3) is 5.91 Å².